The van der Waals surface area contributed by atoms with Crippen LogP contribution >= 0.6 is 11.6 Å². The smallest absolute Gasteiger partial charge is 0.230 e. The third-order valence-electron chi connectivity index (χ3n) is 6.32. The van der Waals surface area contributed by atoms with Gasteiger partial charge in [0.15, 0.2) is 0 Å². The van der Waals surface area contributed by atoms with Crippen LogP contribution in [0.4, 0.5) is 0 Å². The van der Waals surface area contributed by atoms with Crippen LogP contribution in [0.15, 0.2) is 59.1 Å². The molecule has 5 rings (SSSR count). The van der Waals surface area contributed by atoms with E-state index in [2.05, 4.69) is 10.1 Å². The van der Waals surface area contributed by atoms with Gasteiger partial charge in [-0.05, 0) is 42.4 Å². The predicted molar refractivity (Wildman–Crippen MR) is 114 cm³/mol. The van der Waals surface area contributed by atoms with Crippen molar-refractivity contribution in [2.24, 2.45) is 5.41 Å². The zero-order valence-corrected chi connectivity index (χ0v) is 17.9. The van der Waals surface area contributed by atoms with E-state index in [9.17, 15) is 8.42 Å². The van der Waals surface area contributed by atoms with E-state index in [0.29, 0.717) is 29.8 Å². The summed E-state index contributed by atoms with van der Waals surface area (Å²) in [7, 11) is -3.31. The molecule has 3 aromatic rings. The van der Waals surface area contributed by atoms with Gasteiger partial charge in [-0.3, -0.25) is 0 Å². The van der Waals surface area contributed by atoms with Crippen LogP contribution in [-0.2, 0) is 15.8 Å². The van der Waals surface area contributed by atoms with Crippen molar-refractivity contribution in [1.82, 2.24) is 14.4 Å². The maximum atomic E-state index is 12.8. The van der Waals surface area contributed by atoms with E-state index < -0.39 is 10.0 Å². The fourth-order valence-electron chi connectivity index (χ4n) is 4.46. The van der Waals surface area contributed by atoms with E-state index in [-0.39, 0.29) is 17.1 Å². The van der Waals surface area contributed by atoms with E-state index >= 15 is 0 Å². The van der Waals surface area contributed by atoms with Gasteiger partial charge in [-0.2, -0.15) is 4.98 Å². The summed E-state index contributed by atoms with van der Waals surface area (Å²) in [6.07, 6.45) is 2.61. The first-order chi connectivity index (χ1) is 14.5. The maximum absolute atomic E-state index is 12.8. The van der Waals surface area contributed by atoms with Gasteiger partial charge in [0.1, 0.15) is 0 Å². The number of benzene rings is 2. The summed E-state index contributed by atoms with van der Waals surface area (Å²) in [6.45, 7) is 1.09. The Kier molecular flexibility index (Phi) is 4.92. The summed E-state index contributed by atoms with van der Waals surface area (Å²) < 4.78 is 32.8. The first kappa shape index (κ1) is 19.7. The summed E-state index contributed by atoms with van der Waals surface area (Å²) in [5.41, 5.74) is 1.73. The lowest BCUT2D eigenvalue weighted by Crippen LogP contribution is -2.40. The van der Waals surface area contributed by atoms with Crippen LogP contribution in [0.1, 0.15) is 36.6 Å². The fraction of sp³-hybridized carbons (Fsp3) is 0.364. The van der Waals surface area contributed by atoms with Crippen molar-refractivity contribution in [1.29, 1.82) is 0 Å². The third-order valence-corrected chi connectivity index (χ3v) is 8.40. The van der Waals surface area contributed by atoms with Crippen molar-refractivity contribution < 1.29 is 12.9 Å². The summed E-state index contributed by atoms with van der Waals surface area (Å²) in [4.78, 5) is 4.59. The van der Waals surface area contributed by atoms with E-state index in [1.54, 1.807) is 4.31 Å². The van der Waals surface area contributed by atoms with E-state index in [4.69, 9.17) is 16.1 Å². The van der Waals surface area contributed by atoms with Crippen molar-refractivity contribution in [3.8, 4) is 11.4 Å². The molecule has 2 aromatic carbocycles. The Morgan fingerprint density at radius 2 is 1.87 bits per heavy atom. The normalized spacial score (nSPS) is 21.0. The molecular weight excluding hydrogens is 422 g/mol. The molecule has 1 saturated carbocycles. The average molecular weight is 444 g/mol. The lowest BCUT2D eigenvalue weighted by atomic mass is 9.92. The lowest BCUT2D eigenvalue weighted by Gasteiger charge is -2.31. The molecule has 0 N–H and O–H groups in total. The van der Waals surface area contributed by atoms with Gasteiger partial charge >= 0.3 is 0 Å². The van der Waals surface area contributed by atoms with E-state index in [1.807, 2.05) is 54.6 Å². The predicted octanol–water partition coefficient (Wildman–Crippen LogP) is 4.49. The molecule has 1 aliphatic carbocycles. The number of sulfonamides is 1. The minimum Gasteiger partial charge on any atom is -0.339 e. The van der Waals surface area contributed by atoms with Crippen molar-refractivity contribution in [3.05, 3.63) is 71.1 Å². The first-order valence-electron chi connectivity index (χ1n) is 10.1. The monoisotopic (exact) mass is 443 g/mol. The summed E-state index contributed by atoms with van der Waals surface area (Å²) in [6, 6.07) is 16.7. The largest absolute Gasteiger partial charge is 0.339 e. The molecule has 6 nitrogen and oxygen atoms in total. The Morgan fingerprint density at radius 1 is 1.10 bits per heavy atom. The summed E-state index contributed by atoms with van der Waals surface area (Å²) in [5, 5.41) is 4.75. The van der Waals surface area contributed by atoms with Crippen molar-refractivity contribution >= 4 is 21.6 Å². The SMILES string of the molecule is O=S(=O)(Cc1ccccc1)N1CCC2(CC1)CC2c1nc(-c2cccc(Cl)c2)no1. The standard InChI is InChI=1S/C22H22ClN3O3S/c23-18-8-4-7-17(13-18)20-24-21(29-25-20)19-14-22(19)9-11-26(12-10-22)30(27,28)15-16-5-2-1-3-6-16/h1-8,13,19H,9-12,14-15H2. The van der Waals surface area contributed by atoms with Crippen LogP contribution in [0.3, 0.4) is 0 Å². The molecule has 0 amide bonds. The average Bonchev–Trinajstić information content (AvgIpc) is 3.20. The van der Waals surface area contributed by atoms with Crippen LogP contribution in [-0.4, -0.2) is 36.0 Å². The zero-order valence-electron chi connectivity index (χ0n) is 16.4. The molecule has 1 saturated heterocycles. The number of hydrogen-bond acceptors (Lipinski definition) is 5. The Morgan fingerprint density at radius 3 is 2.60 bits per heavy atom. The fourth-order valence-corrected chi connectivity index (χ4v) is 6.18. The molecule has 0 radical (unpaired) electrons. The molecule has 156 valence electrons. The van der Waals surface area contributed by atoms with Crippen molar-refractivity contribution in [3.63, 3.8) is 0 Å². The molecule has 1 spiro atoms. The van der Waals surface area contributed by atoms with E-state index in [1.165, 1.54) is 0 Å². The highest BCUT2D eigenvalue weighted by atomic mass is 35.5. The highest BCUT2D eigenvalue weighted by Crippen LogP contribution is 2.64. The molecule has 2 heterocycles. The molecule has 8 heteroatoms. The van der Waals surface area contributed by atoms with Crippen molar-refractivity contribution in [2.75, 3.05) is 13.1 Å². The second-order valence-corrected chi connectivity index (χ2v) is 10.6. The molecule has 1 unspecified atom stereocenters. The van der Waals surface area contributed by atoms with Gasteiger partial charge in [0, 0.05) is 29.6 Å². The van der Waals surface area contributed by atoms with Crippen LogP contribution in [0, 0.1) is 5.41 Å². The van der Waals surface area contributed by atoms with Gasteiger partial charge in [0.25, 0.3) is 0 Å². The first-order valence-corrected chi connectivity index (χ1v) is 12.1. The number of halogens is 1. The molecule has 30 heavy (non-hydrogen) atoms. The minimum absolute atomic E-state index is 0.0525. The number of nitrogens with zero attached hydrogens (tertiary/aromatic N) is 3. The summed E-state index contributed by atoms with van der Waals surface area (Å²) >= 11 is 6.05. The molecule has 0 bridgehead atoms. The Hall–Kier alpha value is -2.22. The molecule has 1 aliphatic heterocycles. The molecular formula is C22H22ClN3O3S. The number of piperidine rings is 1. The van der Waals surface area contributed by atoms with Gasteiger partial charge in [-0.25, -0.2) is 12.7 Å². The highest BCUT2D eigenvalue weighted by Gasteiger charge is 2.58. The zero-order chi connectivity index (χ0) is 20.8. The van der Waals surface area contributed by atoms with Crippen LogP contribution in [0.5, 0.6) is 0 Å². The number of aromatic nitrogens is 2. The van der Waals surface area contributed by atoms with Crippen LogP contribution in [0.2, 0.25) is 5.02 Å². The molecule has 1 aromatic heterocycles. The van der Waals surface area contributed by atoms with Gasteiger partial charge in [-0.1, -0.05) is 59.2 Å². The second-order valence-electron chi connectivity index (χ2n) is 8.23. The number of rotatable bonds is 5. The second kappa shape index (κ2) is 7.48. The Bertz CT molecular complexity index is 1160. The van der Waals surface area contributed by atoms with Crippen LogP contribution < -0.4 is 0 Å². The Balaban J connectivity index is 1.24. The topological polar surface area (TPSA) is 76.3 Å². The van der Waals surface area contributed by atoms with Gasteiger partial charge in [0.05, 0.1) is 5.75 Å². The molecule has 1 atom stereocenters. The van der Waals surface area contributed by atoms with E-state index in [0.717, 1.165) is 30.4 Å². The van der Waals surface area contributed by atoms with Gasteiger partial charge in [0.2, 0.25) is 21.7 Å². The lowest BCUT2D eigenvalue weighted by molar-refractivity contribution is 0.242. The minimum atomic E-state index is -3.31. The maximum Gasteiger partial charge on any atom is 0.230 e. The quantitative estimate of drug-likeness (QED) is 0.580. The van der Waals surface area contributed by atoms with Gasteiger partial charge < -0.3 is 4.52 Å². The molecule has 2 fully saturated rings. The summed E-state index contributed by atoms with van der Waals surface area (Å²) in [5.74, 6) is 1.44. The number of hydrogen-bond donors (Lipinski definition) is 0. The molecule has 2 aliphatic rings. The third kappa shape index (κ3) is 3.77. The van der Waals surface area contributed by atoms with Crippen LogP contribution in [0.25, 0.3) is 11.4 Å². The highest BCUT2D eigenvalue weighted by molar-refractivity contribution is 7.88. The van der Waals surface area contributed by atoms with Crippen molar-refractivity contribution in [2.45, 2.75) is 30.9 Å². The Labute approximate surface area is 180 Å². The van der Waals surface area contributed by atoms with Gasteiger partial charge in [-0.15, -0.1) is 0 Å².